The summed E-state index contributed by atoms with van der Waals surface area (Å²) in [6.45, 7) is 0. The fourth-order valence-corrected chi connectivity index (χ4v) is 2.87. The molecule has 3 rings (SSSR count). The van der Waals surface area contributed by atoms with Gasteiger partial charge in [-0.05, 0) is 24.3 Å². The molecule has 3 N–H and O–H groups in total. The number of methoxy groups -OCH3 is 1. The fourth-order valence-electron chi connectivity index (χ4n) is 2.16. The van der Waals surface area contributed by atoms with Gasteiger partial charge in [0, 0.05) is 16.6 Å². The lowest BCUT2D eigenvalue weighted by molar-refractivity contribution is 0.102. The summed E-state index contributed by atoms with van der Waals surface area (Å²) < 4.78 is 5.20. The number of carbonyl (C=O) groups excluding carboxylic acids is 1. The molecule has 0 saturated heterocycles. The fraction of sp³-hybridized carbons (Fsp3) is 0.0588. The molecule has 0 atom stereocenters. The maximum Gasteiger partial charge on any atom is 0.261 e. The topological polar surface area (TPSA) is 77.2 Å². The van der Waals surface area contributed by atoms with Crippen molar-refractivity contribution >= 4 is 28.1 Å². The van der Waals surface area contributed by atoms with Crippen molar-refractivity contribution in [1.29, 1.82) is 0 Å². The van der Waals surface area contributed by atoms with Crippen molar-refractivity contribution in [3.63, 3.8) is 0 Å². The quantitative estimate of drug-likeness (QED) is 0.718. The van der Waals surface area contributed by atoms with Crippen molar-refractivity contribution in [3.05, 3.63) is 59.5 Å². The van der Waals surface area contributed by atoms with Gasteiger partial charge in [-0.1, -0.05) is 24.3 Å². The Morgan fingerprint density at radius 3 is 2.83 bits per heavy atom. The van der Waals surface area contributed by atoms with E-state index in [9.17, 15) is 4.79 Å². The molecule has 0 radical (unpaired) electrons. The number of carbonyl (C=O) groups is 1. The van der Waals surface area contributed by atoms with Crippen LogP contribution in [0.25, 0.3) is 11.3 Å². The third kappa shape index (κ3) is 3.32. The van der Waals surface area contributed by atoms with Crippen LogP contribution in [-0.2, 0) is 0 Å². The van der Waals surface area contributed by atoms with E-state index in [4.69, 9.17) is 10.5 Å². The van der Waals surface area contributed by atoms with E-state index in [0.717, 1.165) is 11.3 Å². The van der Waals surface area contributed by atoms with Crippen LogP contribution in [-0.4, -0.2) is 18.0 Å². The van der Waals surface area contributed by atoms with Gasteiger partial charge in [-0.3, -0.25) is 10.1 Å². The lowest BCUT2D eigenvalue weighted by Gasteiger charge is -2.07. The first-order valence-corrected chi connectivity index (χ1v) is 7.81. The van der Waals surface area contributed by atoms with Gasteiger partial charge in [0.2, 0.25) is 0 Å². The number of hydrogen-bond donors (Lipinski definition) is 2. The van der Waals surface area contributed by atoms with Gasteiger partial charge in [-0.2, -0.15) is 0 Å². The highest BCUT2D eigenvalue weighted by Crippen LogP contribution is 2.27. The molecule has 0 fully saturated rings. The number of aromatic nitrogens is 1. The highest BCUT2D eigenvalue weighted by molar-refractivity contribution is 7.14. The van der Waals surface area contributed by atoms with Crippen molar-refractivity contribution in [2.75, 3.05) is 18.2 Å². The number of nitrogens with two attached hydrogens (primary N) is 1. The average Bonchev–Trinajstić information content (AvgIpc) is 3.03. The molecule has 2 aromatic carbocycles. The number of nitrogens with one attached hydrogen (secondary N) is 1. The van der Waals surface area contributed by atoms with E-state index in [1.165, 1.54) is 18.4 Å². The molecule has 0 bridgehead atoms. The number of ether oxygens (including phenoxy) is 1. The normalized spacial score (nSPS) is 10.3. The predicted molar refractivity (Wildman–Crippen MR) is 92.9 cm³/mol. The third-order valence-electron chi connectivity index (χ3n) is 3.26. The lowest BCUT2D eigenvalue weighted by atomic mass is 10.1. The van der Waals surface area contributed by atoms with E-state index in [1.54, 1.807) is 18.2 Å². The second kappa shape index (κ2) is 6.50. The smallest absolute Gasteiger partial charge is 0.261 e. The van der Waals surface area contributed by atoms with E-state index in [-0.39, 0.29) is 5.91 Å². The summed E-state index contributed by atoms with van der Waals surface area (Å²) in [6.07, 6.45) is 0. The summed E-state index contributed by atoms with van der Waals surface area (Å²) >= 11 is 1.36. The predicted octanol–water partition coefficient (Wildman–Crippen LogP) is 3.65. The molecule has 5 nitrogen and oxygen atoms in total. The summed E-state index contributed by atoms with van der Waals surface area (Å²) in [5.74, 6) is 0.272. The first kappa shape index (κ1) is 15.1. The van der Waals surface area contributed by atoms with Crippen LogP contribution < -0.4 is 15.8 Å². The minimum atomic E-state index is -0.254. The number of hydrogen-bond acceptors (Lipinski definition) is 5. The molecule has 3 aromatic rings. The van der Waals surface area contributed by atoms with Crippen LogP contribution in [0.2, 0.25) is 0 Å². The third-order valence-corrected chi connectivity index (χ3v) is 4.02. The standard InChI is InChI=1S/C17H15N3O2S/c1-22-15-8-3-2-7-13(15)16(21)20-17-19-14(10-23-17)11-5-4-6-12(18)9-11/h2-10H,18H2,1H3,(H,19,20,21). The molecule has 0 aliphatic heterocycles. The maximum absolute atomic E-state index is 12.3. The van der Waals surface area contributed by atoms with E-state index < -0.39 is 0 Å². The Bertz CT molecular complexity index is 845. The minimum Gasteiger partial charge on any atom is -0.496 e. The molecule has 6 heteroatoms. The SMILES string of the molecule is COc1ccccc1C(=O)Nc1nc(-c2cccc(N)c2)cs1. The number of para-hydroxylation sites is 1. The van der Waals surface area contributed by atoms with Crippen LogP contribution in [0, 0.1) is 0 Å². The zero-order valence-electron chi connectivity index (χ0n) is 12.4. The Kier molecular flexibility index (Phi) is 4.25. The van der Waals surface area contributed by atoms with Gasteiger partial charge in [-0.15, -0.1) is 11.3 Å². The van der Waals surface area contributed by atoms with Crippen LogP contribution in [0.3, 0.4) is 0 Å². The first-order chi connectivity index (χ1) is 11.2. The second-order valence-electron chi connectivity index (χ2n) is 4.82. The Labute approximate surface area is 137 Å². The van der Waals surface area contributed by atoms with Crippen LogP contribution in [0.15, 0.2) is 53.9 Å². The molecule has 1 heterocycles. The van der Waals surface area contributed by atoms with E-state index in [1.807, 2.05) is 35.7 Å². The molecule has 0 unspecified atom stereocenters. The highest BCUT2D eigenvalue weighted by atomic mass is 32.1. The molecule has 116 valence electrons. The molecule has 0 saturated carbocycles. The van der Waals surface area contributed by atoms with Crippen LogP contribution in [0.4, 0.5) is 10.8 Å². The van der Waals surface area contributed by atoms with Crippen molar-refractivity contribution in [2.24, 2.45) is 0 Å². The largest absolute Gasteiger partial charge is 0.496 e. The number of thiazole rings is 1. The van der Waals surface area contributed by atoms with Gasteiger partial charge in [0.1, 0.15) is 5.75 Å². The van der Waals surface area contributed by atoms with Gasteiger partial charge < -0.3 is 10.5 Å². The number of nitrogens with zero attached hydrogens (tertiary/aromatic N) is 1. The summed E-state index contributed by atoms with van der Waals surface area (Å²) in [4.78, 5) is 16.8. The zero-order chi connectivity index (χ0) is 16.2. The number of benzene rings is 2. The van der Waals surface area contributed by atoms with Gasteiger partial charge in [-0.25, -0.2) is 4.98 Å². The Balaban J connectivity index is 1.80. The minimum absolute atomic E-state index is 0.254. The van der Waals surface area contributed by atoms with Crippen LogP contribution in [0.1, 0.15) is 10.4 Å². The number of nitrogen functional groups attached to an aromatic ring is 1. The van der Waals surface area contributed by atoms with Crippen LogP contribution in [0.5, 0.6) is 5.75 Å². The van der Waals surface area contributed by atoms with E-state index in [2.05, 4.69) is 10.3 Å². The van der Waals surface area contributed by atoms with Crippen molar-refractivity contribution in [1.82, 2.24) is 4.98 Å². The molecular weight excluding hydrogens is 310 g/mol. The second-order valence-corrected chi connectivity index (χ2v) is 5.68. The number of amides is 1. The molecule has 23 heavy (non-hydrogen) atoms. The van der Waals surface area contributed by atoms with E-state index in [0.29, 0.717) is 22.1 Å². The summed E-state index contributed by atoms with van der Waals surface area (Å²) in [5, 5.41) is 5.20. The Morgan fingerprint density at radius 2 is 2.04 bits per heavy atom. The molecule has 0 spiro atoms. The van der Waals surface area contributed by atoms with Gasteiger partial charge in [0.25, 0.3) is 5.91 Å². The van der Waals surface area contributed by atoms with Gasteiger partial charge in [0.05, 0.1) is 18.4 Å². The van der Waals surface area contributed by atoms with Gasteiger partial charge in [0.15, 0.2) is 5.13 Å². The molecule has 0 aliphatic carbocycles. The van der Waals surface area contributed by atoms with Crippen molar-refractivity contribution in [3.8, 4) is 17.0 Å². The van der Waals surface area contributed by atoms with Crippen molar-refractivity contribution < 1.29 is 9.53 Å². The van der Waals surface area contributed by atoms with Gasteiger partial charge >= 0.3 is 0 Å². The monoisotopic (exact) mass is 325 g/mol. The van der Waals surface area contributed by atoms with Crippen molar-refractivity contribution in [2.45, 2.75) is 0 Å². The molecule has 0 aliphatic rings. The summed E-state index contributed by atoms with van der Waals surface area (Å²) in [5.41, 5.74) is 8.62. The first-order valence-electron chi connectivity index (χ1n) is 6.93. The molecular formula is C17H15N3O2S. The maximum atomic E-state index is 12.3. The molecule has 1 aromatic heterocycles. The lowest BCUT2D eigenvalue weighted by Crippen LogP contribution is -2.12. The Morgan fingerprint density at radius 1 is 1.22 bits per heavy atom. The molecule has 1 amide bonds. The summed E-state index contributed by atoms with van der Waals surface area (Å²) in [7, 11) is 1.54. The Hall–Kier alpha value is -2.86. The number of anilines is 2. The summed E-state index contributed by atoms with van der Waals surface area (Å²) in [6, 6.07) is 14.5. The average molecular weight is 325 g/mol. The van der Waals surface area contributed by atoms with E-state index >= 15 is 0 Å². The highest BCUT2D eigenvalue weighted by Gasteiger charge is 2.13. The number of rotatable bonds is 4. The zero-order valence-corrected chi connectivity index (χ0v) is 13.3. The van der Waals surface area contributed by atoms with Crippen LogP contribution >= 0.6 is 11.3 Å².